The fourth-order valence-corrected chi connectivity index (χ4v) is 3.60. The molecule has 2 N–H and O–H groups in total. The molecule has 0 saturated carbocycles. The van der Waals surface area contributed by atoms with E-state index in [-0.39, 0.29) is 23.0 Å². The van der Waals surface area contributed by atoms with E-state index in [1.165, 1.54) is 7.11 Å². The zero-order valence-corrected chi connectivity index (χ0v) is 18.9. The maximum absolute atomic E-state index is 12.3. The third kappa shape index (κ3) is 5.21. The minimum absolute atomic E-state index is 0.100. The molecule has 0 spiro atoms. The van der Waals surface area contributed by atoms with Crippen molar-refractivity contribution >= 4 is 17.7 Å². The maximum atomic E-state index is 12.3. The van der Waals surface area contributed by atoms with Crippen molar-refractivity contribution in [2.75, 3.05) is 39.0 Å². The molecule has 1 aliphatic rings. The number of nitriles is 1. The Kier molecular flexibility index (Phi) is 6.75. The monoisotopic (exact) mass is 439 g/mol. The Balaban J connectivity index is 1.72. The van der Waals surface area contributed by atoms with Gasteiger partial charge >= 0.3 is 12.1 Å². The van der Waals surface area contributed by atoms with E-state index in [0.717, 1.165) is 18.7 Å². The summed E-state index contributed by atoms with van der Waals surface area (Å²) >= 11 is 0. The van der Waals surface area contributed by atoms with Gasteiger partial charge in [-0.15, -0.1) is 0 Å². The molecular formula is C23H29N5O4. The first kappa shape index (κ1) is 23.2. The number of piperazine rings is 1. The summed E-state index contributed by atoms with van der Waals surface area (Å²) < 4.78 is 11.9. The summed E-state index contributed by atoms with van der Waals surface area (Å²) in [5, 5.41) is 9.31. The number of carbonyl (C=O) groups is 2. The molecule has 9 heteroatoms. The van der Waals surface area contributed by atoms with Gasteiger partial charge in [-0.2, -0.15) is 5.26 Å². The summed E-state index contributed by atoms with van der Waals surface area (Å²) in [7, 11) is 1.28. The fourth-order valence-electron chi connectivity index (χ4n) is 3.60. The van der Waals surface area contributed by atoms with Crippen LogP contribution in [0.4, 0.5) is 10.5 Å². The number of carbonyl (C=O) groups excluding carboxylic acids is 2. The molecule has 3 rings (SSSR count). The average Bonchev–Trinajstić information content (AvgIpc) is 3.09. The number of nitrogens with zero attached hydrogens (tertiary/aromatic N) is 4. The first-order valence-corrected chi connectivity index (χ1v) is 10.4. The Morgan fingerprint density at radius 2 is 1.88 bits per heavy atom. The zero-order chi connectivity index (χ0) is 23.5. The van der Waals surface area contributed by atoms with Gasteiger partial charge in [0.25, 0.3) is 0 Å². The van der Waals surface area contributed by atoms with Crippen LogP contribution in [0.15, 0.2) is 30.5 Å². The van der Waals surface area contributed by atoms with E-state index < -0.39 is 11.6 Å². The molecule has 2 aromatic rings. The number of anilines is 1. The molecule has 1 aromatic heterocycles. The molecule has 0 radical (unpaired) electrons. The van der Waals surface area contributed by atoms with E-state index in [4.69, 9.17) is 15.2 Å². The van der Waals surface area contributed by atoms with E-state index in [1.54, 1.807) is 15.7 Å². The highest BCUT2D eigenvalue weighted by Crippen LogP contribution is 2.25. The first-order valence-electron chi connectivity index (χ1n) is 10.4. The zero-order valence-electron chi connectivity index (χ0n) is 18.9. The Labute approximate surface area is 187 Å². The van der Waals surface area contributed by atoms with Crippen LogP contribution in [-0.2, 0) is 16.0 Å². The molecule has 1 aromatic carbocycles. The summed E-state index contributed by atoms with van der Waals surface area (Å²) in [5.41, 5.74) is 7.68. The lowest BCUT2D eigenvalue weighted by atomic mass is 10.1. The summed E-state index contributed by atoms with van der Waals surface area (Å²) in [5.74, 6) is -0.604. The SMILES string of the molecule is COC(=O)c1c(N)c(C#N)cn1-c1cccc(CN2CCN(C(=O)OC(C)(C)C)CC2)c1. The van der Waals surface area contributed by atoms with Crippen LogP contribution < -0.4 is 5.73 Å². The minimum atomic E-state index is -0.604. The molecule has 1 fully saturated rings. The largest absolute Gasteiger partial charge is 0.464 e. The van der Waals surface area contributed by atoms with Gasteiger partial charge in [0, 0.05) is 44.6 Å². The molecule has 0 atom stereocenters. The average molecular weight is 440 g/mol. The van der Waals surface area contributed by atoms with Crippen molar-refractivity contribution in [3.63, 3.8) is 0 Å². The highest BCUT2D eigenvalue weighted by atomic mass is 16.6. The van der Waals surface area contributed by atoms with Crippen LogP contribution in [0.2, 0.25) is 0 Å². The quantitative estimate of drug-likeness (QED) is 0.729. The van der Waals surface area contributed by atoms with E-state index in [0.29, 0.717) is 25.3 Å². The van der Waals surface area contributed by atoms with Gasteiger partial charge in [-0.05, 0) is 38.5 Å². The number of rotatable bonds is 4. The number of amides is 1. The second-order valence-corrected chi connectivity index (χ2v) is 8.69. The molecular weight excluding hydrogens is 410 g/mol. The number of nitrogen functional groups attached to an aromatic ring is 1. The molecule has 1 saturated heterocycles. The lowest BCUT2D eigenvalue weighted by molar-refractivity contribution is 0.0139. The number of hydrogen-bond acceptors (Lipinski definition) is 7. The Morgan fingerprint density at radius 1 is 1.19 bits per heavy atom. The number of aromatic nitrogens is 1. The molecule has 1 amide bonds. The van der Waals surface area contributed by atoms with Crippen LogP contribution in [0, 0.1) is 11.3 Å². The number of benzene rings is 1. The third-order valence-corrected chi connectivity index (χ3v) is 5.16. The van der Waals surface area contributed by atoms with Gasteiger partial charge in [-0.1, -0.05) is 12.1 Å². The molecule has 32 heavy (non-hydrogen) atoms. The lowest BCUT2D eigenvalue weighted by Crippen LogP contribution is -2.49. The van der Waals surface area contributed by atoms with E-state index in [9.17, 15) is 14.9 Å². The highest BCUT2D eigenvalue weighted by molar-refractivity contribution is 5.95. The fraction of sp³-hybridized carbons (Fsp3) is 0.435. The van der Waals surface area contributed by atoms with E-state index >= 15 is 0 Å². The number of nitrogens with two attached hydrogens (primary N) is 1. The molecule has 0 bridgehead atoms. The second kappa shape index (κ2) is 9.32. The predicted molar refractivity (Wildman–Crippen MR) is 119 cm³/mol. The molecule has 2 heterocycles. The highest BCUT2D eigenvalue weighted by Gasteiger charge is 2.26. The van der Waals surface area contributed by atoms with Gasteiger partial charge < -0.3 is 24.7 Å². The number of ether oxygens (including phenoxy) is 2. The maximum Gasteiger partial charge on any atom is 0.410 e. The standard InChI is InChI=1S/C23H29N5O4/c1-23(2,3)32-22(30)27-10-8-26(9-11-27)14-16-6-5-7-18(12-16)28-15-17(13-24)19(25)20(28)21(29)31-4/h5-7,12,15H,8-11,14,25H2,1-4H3. The van der Waals surface area contributed by atoms with Crippen LogP contribution in [0.1, 0.15) is 42.4 Å². The van der Waals surface area contributed by atoms with Gasteiger partial charge in [-0.25, -0.2) is 9.59 Å². The van der Waals surface area contributed by atoms with Crippen molar-refractivity contribution < 1.29 is 19.1 Å². The number of methoxy groups -OCH3 is 1. The van der Waals surface area contributed by atoms with Gasteiger partial charge in [0.2, 0.25) is 0 Å². The number of hydrogen-bond donors (Lipinski definition) is 1. The summed E-state index contributed by atoms with van der Waals surface area (Å²) in [4.78, 5) is 28.5. The smallest absolute Gasteiger partial charge is 0.410 e. The first-order chi connectivity index (χ1) is 15.1. The Hall–Kier alpha value is -3.51. The normalized spacial score (nSPS) is 14.7. The van der Waals surface area contributed by atoms with Crippen molar-refractivity contribution in [3.05, 3.63) is 47.3 Å². The Bertz CT molecular complexity index is 1040. The molecule has 1 aliphatic heterocycles. The molecule has 9 nitrogen and oxygen atoms in total. The Morgan fingerprint density at radius 3 is 2.47 bits per heavy atom. The van der Waals surface area contributed by atoms with Crippen LogP contribution >= 0.6 is 0 Å². The topological polar surface area (TPSA) is 114 Å². The predicted octanol–water partition coefficient (Wildman–Crippen LogP) is 2.77. The van der Waals surface area contributed by atoms with Crippen molar-refractivity contribution in [1.82, 2.24) is 14.4 Å². The van der Waals surface area contributed by atoms with Crippen molar-refractivity contribution in [2.24, 2.45) is 0 Å². The van der Waals surface area contributed by atoms with Crippen molar-refractivity contribution in [2.45, 2.75) is 32.9 Å². The van der Waals surface area contributed by atoms with Crippen molar-refractivity contribution in [1.29, 1.82) is 5.26 Å². The molecule has 170 valence electrons. The van der Waals surface area contributed by atoms with Crippen molar-refractivity contribution in [3.8, 4) is 11.8 Å². The third-order valence-electron chi connectivity index (χ3n) is 5.16. The number of esters is 1. The second-order valence-electron chi connectivity index (χ2n) is 8.69. The minimum Gasteiger partial charge on any atom is -0.464 e. The van der Waals surface area contributed by atoms with Crippen LogP contribution in [-0.4, -0.2) is 65.3 Å². The molecule has 0 unspecified atom stereocenters. The van der Waals surface area contributed by atoms with Gasteiger partial charge in [0.15, 0.2) is 5.69 Å². The summed E-state index contributed by atoms with van der Waals surface area (Å²) in [6.45, 7) is 8.91. The van der Waals surface area contributed by atoms with E-state index in [2.05, 4.69) is 4.90 Å². The van der Waals surface area contributed by atoms with Crippen LogP contribution in [0.25, 0.3) is 5.69 Å². The van der Waals surface area contributed by atoms with Crippen LogP contribution in [0.3, 0.4) is 0 Å². The van der Waals surface area contributed by atoms with Gasteiger partial charge in [0.05, 0.1) is 18.4 Å². The lowest BCUT2D eigenvalue weighted by Gasteiger charge is -2.35. The van der Waals surface area contributed by atoms with Gasteiger partial charge in [0.1, 0.15) is 11.7 Å². The van der Waals surface area contributed by atoms with Crippen LogP contribution in [0.5, 0.6) is 0 Å². The summed E-state index contributed by atoms with van der Waals surface area (Å²) in [6, 6.07) is 9.70. The summed E-state index contributed by atoms with van der Waals surface area (Å²) in [6.07, 6.45) is 1.26. The van der Waals surface area contributed by atoms with Gasteiger partial charge in [-0.3, -0.25) is 4.90 Å². The van der Waals surface area contributed by atoms with E-state index in [1.807, 2.05) is 51.1 Å². The molecule has 0 aliphatic carbocycles.